The quantitative estimate of drug-likeness (QED) is 0.281. The summed E-state index contributed by atoms with van der Waals surface area (Å²) in [4.78, 5) is 28.3. The van der Waals surface area contributed by atoms with Crippen molar-refractivity contribution < 1.29 is 18.0 Å². The first-order valence-electron chi connectivity index (χ1n) is 12.3. The number of sulfonamides is 1. The molecule has 0 saturated heterocycles. The smallest absolute Gasteiger partial charge is 0.264 e. The molecule has 0 fully saturated rings. The highest BCUT2D eigenvalue weighted by Crippen LogP contribution is 2.31. The van der Waals surface area contributed by atoms with Crippen LogP contribution >= 0.6 is 34.8 Å². The fourth-order valence-electron chi connectivity index (χ4n) is 3.77. The molecule has 0 radical (unpaired) electrons. The Balaban J connectivity index is 2.04. The van der Waals surface area contributed by atoms with Gasteiger partial charge in [-0.3, -0.25) is 13.9 Å². The number of carbonyl (C=O) groups excluding carboxylic acids is 2. The van der Waals surface area contributed by atoms with Crippen molar-refractivity contribution in [2.24, 2.45) is 0 Å². The lowest BCUT2D eigenvalue weighted by molar-refractivity contribution is -0.139. The van der Waals surface area contributed by atoms with E-state index in [0.717, 1.165) is 4.31 Å². The Hall–Kier alpha value is -2.78. The van der Waals surface area contributed by atoms with Crippen LogP contribution in [-0.2, 0) is 26.2 Å². The van der Waals surface area contributed by atoms with Crippen LogP contribution in [0.3, 0.4) is 0 Å². The molecule has 0 heterocycles. The van der Waals surface area contributed by atoms with E-state index in [1.54, 1.807) is 61.5 Å². The number of anilines is 1. The van der Waals surface area contributed by atoms with Crippen molar-refractivity contribution in [3.05, 3.63) is 93.4 Å². The summed E-state index contributed by atoms with van der Waals surface area (Å²) in [6.07, 6.45) is 0.703. The highest BCUT2D eigenvalue weighted by molar-refractivity contribution is 7.92. The van der Waals surface area contributed by atoms with Gasteiger partial charge in [0.15, 0.2) is 0 Å². The Morgan fingerprint density at radius 2 is 1.51 bits per heavy atom. The number of rotatable bonds is 11. The van der Waals surface area contributed by atoms with E-state index in [2.05, 4.69) is 5.32 Å². The van der Waals surface area contributed by atoms with Crippen molar-refractivity contribution in [1.29, 1.82) is 0 Å². The predicted octanol–water partition coefficient (Wildman–Crippen LogP) is 6.17. The zero-order valence-electron chi connectivity index (χ0n) is 21.8. The van der Waals surface area contributed by atoms with Crippen molar-refractivity contribution in [1.82, 2.24) is 10.2 Å². The maximum Gasteiger partial charge on any atom is 0.264 e. The summed E-state index contributed by atoms with van der Waals surface area (Å²) >= 11 is 18.7. The van der Waals surface area contributed by atoms with Gasteiger partial charge in [-0.2, -0.15) is 0 Å². The van der Waals surface area contributed by atoms with Crippen molar-refractivity contribution in [2.45, 2.75) is 50.7 Å². The number of amides is 2. The molecule has 11 heteroatoms. The van der Waals surface area contributed by atoms with Gasteiger partial charge in [0.25, 0.3) is 10.0 Å². The average Bonchev–Trinajstić information content (AvgIpc) is 2.92. The minimum atomic E-state index is -4.20. The van der Waals surface area contributed by atoms with Gasteiger partial charge in [-0.25, -0.2) is 8.42 Å². The van der Waals surface area contributed by atoms with Crippen LogP contribution in [0.2, 0.25) is 15.1 Å². The number of halogens is 3. The standard InChI is InChI=1S/C28H30Cl3N3O4S/c1-4-19(2)32-28(36)20(3)33(17-21-14-15-23(29)25(31)16-21)27(35)18-34(26-13-9-8-12-24(26)30)39(37,38)22-10-6-5-7-11-22/h5-16,19-20H,4,17-18H2,1-3H3,(H,32,36)/t19-,20+/m1/s1. The number of benzene rings is 3. The predicted molar refractivity (Wildman–Crippen MR) is 157 cm³/mol. The first-order chi connectivity index (χ1) is 18.4. The topological polar surface area (TPSA) is 86.8 Å². The number of para-hydroxylation sites is 1. The Bertz CT molecular complexity index is 1420. The van der Waals surface area contributed by atoms with E-state index in [-0.39, 0.29) is 34.1 Å². The molecule has 3 aromatic rings. The summed E-state index contributed by atoms with van der Waals surface area (Å²) in [5.41, 5.74) is 0.763. The van der Waals surface area contributed by atoms with Crippen LogP contribution in [-0.4, -0.2) is 43.8 Å². The third kappa shape index (κ3) is 7.66. The molecule has 1 N–H and O–H groups in total. The van der Waals surface area contributed by atoms with E-state index >= 15 is 0 Å². The molecule has 39 heavy (non-hydrogen) atoms. The van der Waals surface area contributed by atoms with Crippen LogP contribution in [0.4, 0.5) is 5.69 Å². The molecule has 0 aromatic heterocycles. The number of hydrogen-bond acceptors (Lipinski definition) is 4. The molecule has 0 spiro atoms. The van der Waals surface area contributed by atoms with E-state index in [4.69, 9.17) is 34.8 Å². The second-order valence-electron chi connectivity index (χ2n) is 9.04. The highest BCUT2D eigenvalue weighted by Gasteiger charge is 2.33. The Kier molecular flexibility index (Phi) is 10.7. The third-order valence-electron chi connectivity index (χ3n) is 6.24. The molecule has 208 valence electrons. The summed E-state index contributed by atoms with van der Waals surface area (Å²) in [7, 11) is -4.20. The first kappa shape index (κ1) is 30.8. The third-order valence-corrected chi connectivity index (χ3v) is 9.07. The molecular weight excluding hydrogens is 581 g/mol. The molecule has 0 aliphatic rings. The van der Waals surface area contributed by atoms with Crippen LogP contribution in [0.15, 0.2) is 77.7 Å². The van der Waals surface area contributed by atoms with Crippen molar-refractivity contribution >= 4 is 62.3 Å². The van der Waals surface area contributed by atoms with Gasteiger partial charge in [-0.05, 0) is 62.2 Å². The van der Waals surface area contributed by atoms with Gasteiger partial charge >= 0.3 is 0 Å². The zero-order valence-corrected chi connectivity index (χ0v) is 24.9. The molecule has 7 nitrogen and oxygen atoms in total. The van der Waals surface area contributed by atoms with Gasteiger partial charge in [0.2, 0.25) is 11.8 Å². The van der Waals surface area contributed by atoms with Crippen LogP contribution in [0.5, 0.6) is 0 Å². The van der Waals surface area contributed by atoms with E-state index in [0.29, 0.717) is 22.0 Å². The van der Waals surface area contributed by atoms with Gasteiger partial charge in [-0.1, -0.05) is 78.1 Å². The summed E-state index contributed by atoms with van der Waals surface area (Å²) < 4.78 is 28.5. The second-order valence-corrected chi connectivity index (χ2v) is 12.1. The molecule has 3 rings (SSSR count). The minimum Gasteiger partial charge on any atom is -0.352 e. The van der Waals surface area contributed by atoms with Gasteiger partial charge in [0, 0.05) is 12.6 Å². The van der Waals surface area contributed by atoms with Crippen molar-refractivity contribution in [3.63, 3.8) is 0 Å². The number of nitrogens with zero attached hydrogens (tertiary/aromatic N) is 2. The molecule has 0 aliphatic carbocycles. The minimum absolute atomic E-state index is 0.00341. The maximum absolute atomic E-state index is 13.9. The van der Waals surface area contributed by atoms with Crippen LogP contribution < -0.4 is 9.62 Å². The summed E-state index contributed by atoms with van der Waals surface area (Å²) in [5.74, 6) is -0.972. The van der Waals surface area contributed by atoms with Gasteiger partial charge in [0.1, 0.15) is 12.6 Å². The van der Waals surface area contributed by atoms with Crippen molar-refractivity contribution in [2.75, 3.05) is 10.8 Å². The second kappa shape index (κ2) is 13.5. The zero-order chi connectivity index (χ0) is 28.7. The lowest BCUT2D eigenvalue weighted by Crippen LogP contribution is -2.52. The highest BCUT2D eigenvalue weighted by atomic mass is 35.5. The lowest BCUT2D eigenvalue weighted by atomic mass is 10.1. The van der Waals surface area contributed by atoms with E-state index < -0.39 is 28.5 Å². The Morgan fingerprint density at radius 3 is 2.13 bits per heavy atom. The fourth-order valence-corrected chi connectivity index (χ4v) is 5.83. The van der Waals surface area contributed by atoms with E-state index in [1.165, 1.54) is 23.1 Å². The Labute approximate surface area is 244 Å². The number of hydrogen-bond donors (Lipinski definition) is 1. The summed E-state index contributed by atoms with van der Waals surface area (Å²) in [6, 6.07) is 18.0. The van der Waals surface area contributed by atoms with Crippen LogP contribution in [0.25, 0.3) is 0 Å². The molecule has 0 saturated carbocycles. The van der Waals surface area contributed by atoms with Crippen LogP contribution in [0.1, 0.15) is 32.8 Å². The molecule has 0 unspecified atom stereocenters. The Morgan fingerprint density at radius 1 is 0.872 bits per heavy atom. The molecule has 0 bridgehead atoms. The van der Waals surface area contributed by atoms with Gasteiger partial charge < -0.3 is 10.2 Å². The van der Waals surface area contributed by atoms with E-state index in [9.17, 15) is 18.0 Å². The molecule has 2 atom stereocenters. The number of carbonyl (C=O) groups is 2. The molecule has 3 aromatic carbocycles. The van der Waals surface area contributed by atoms with Gasteiger partial charge in [0.05, 0.1) is 25.7 Å². The number of nitrogens with one attached hydrogen (secondary N) is 1. The summed E-state index contributed by atoms with van der Waals surface area (Å²) in [6.45, 7) is 4.79. The molecule has 2 amide bonds. The largest absolute Gasteiger partial charge is 0.352 e. The maximum atomic E-state index is 13.9. The SMILES string of the molecule is CC[C@@H](C)NC(=O)[C@H](C)N(Cc1ccc(Cl)c(Cl)c1)C(=O)CN(c1ccccc1Cl)S(=O)(=O)c1ccccc1. The summed E-state index contributed by atoms with van der Waals surface area (Å²) in [5, 5.41) is 3.69. The monoisotopic (exact) mass is 609 g/mol. The fraction of sp³-hybridized carbons (Fsp3) is 0.286. The van der Waals surface area contributed by atoms with Crippen LogP contribution in [0, 0.1) is 0 Å². The normalized spacial score (nSPS) is 12.9. The van der Waals surface area contributed by atoms with Crippen molar-refractivity contribution in [3.8, 4) is 0 Å². The van der Waals surface area contributed by atoms with E-state index in [1.807, 2.05) is 13.8 Å². The molecule has 0 aliphatic heterocycles. The lowest BCUT2D eigenvalue weighted by Gasteiger charge is -2.32. The molecular formula is C28H30Cl3N3O4S. The first-order valence-corrected chi connectivity index (χ1v) is 14.9. The van der Waals surface area contributed by atoms with Gasteiger partial charge in [-0.15, -0.1) is 0 Å². The average molecular weight is 611 g/mol.